The minimum atomic E-state index is -0.0141. The van der Waals surface area contributed by atoms with Gasteiger partial charge in [-0.25, -0.2) is 0 Å². The molecule has 34 heavy (non-hydrogen) atoms. The van der Waals surface area contributed by atoms with Crippen molar-refractivity contribution in [1.29, 1.82) is 0 Å². The van der Waals surface area contributed by atoms with Gasteiger partial charge in [-0.2, -0.15) is 0 Å². The van der Waals surface area contributed by atoms with E-state index < -0.39 is 0 Å². The summed E-state index contributed by atoms with van der Waals surface area (Å²) in [5.41, 5.74) is 4.75. The number of ether oxygens (including phenoxy) is 1. The van der Waals surface area contributed by atoms with Crippen LogP contribution in [0.3, 0.4) is 0 Å². The molecule has 0 radical (unpaired) electrons. The summed E-state index contributed by atoms with van der Waals surface area (Å²) in [7, 11) is 0. The lowest BCUT2D eigenvalue weighted by atomic mass is 9.82. The van der Waals surface area contributed by atoms with Crippen LogP contribution >= 0.6 is 35.6 Å². The van der Waals surface area contributed by atoms with Crippen molar-refractivity contribution in [1.82, 2.24) is 4.90 Å². The Morgan fingerprint density at radius 1 is 1.12 bits per heavy atom. The van der Waals surface area contributed by atoms with E-state index in [1.165, 1.54) is 5.56 Å². The van der Waals surface area contributed by atoms with E-state index in [-0.39, 0.29) is 35.9 Å². The monoisotopic (exact) mass is 526 g/mol. The smallest absolute Gasteiger partial charge is 0.0911 e. The second kappa shape index (κ2) is 12.1. The molecule has 0 amide bonds. The van der Waals surface area contributed by atoms with Crippen LogP contribution in [0.25, 0.3) is 0 Å². The van der Waals surface area contributed by atoms with Crippen LogP contribution in [-0.4, -0.2) is 47.7 Å². The van der Waals surface area contributed by atoms with E-state index in [0.29, 0.717) is 22.2 Å². The molecule has 0 saturated carbocycles. The molecule has 1 aliphatic rings. The van der Waals surface area contributed by atoms with Crippen LogP contribution < -0.4 is 0 Å². The first-order valence-electron chi connectivity index (χ1n) is 11.7. The fourth-order valence-corrected chi connectivity index (χ4v) is 5.20. The van der Waals surface area contributed by atoms with Crippen molar-refractivity contribution >= 4 is 41.3 Å². The fraction of sp³-hybridized carbons (Fsp3) is 0.519. The van der Waals surface area contributed by atoms with Crippen molar-refractivity contribution in [3.05, 3.63) is 68.7 Å². The minimum Gasteiger partial charge on any atom is -0.411 e. The Bertz CT molecular complexity index is 974. The van der Waals surface area contributed by atoms with Crippen LogP contribution in [0.15, 0.2) is 41.6 Å². The Labute approximate surface area is 220 Å². The largest absolute Gasteiger partial charge is 0.411 e. The van der Waals surface area contributed by atoms with Gasteiger partial charge in [0.05, 0.1) is 17.9 Å². The van der Waals surface area contributed by atoms with Crippen LogP contribution in [0.5, 0.6) is 0 Å². The number of hydrogen-bond donors (Lipinski definition) is 1. The molecule has 2 aromatic rings. The average molecular weight is 528 g/mol. The third kappa shape index (κ3) is 7.11. The van der Waals surface area contributed by atoms with Gasteiger partial charge in [-0.3, -0.25) is 4.90 Å². The molecule has 4 nitrogen and oxygen atoms in total. The number of morpholine rings is 1. The maximum absolute atomic E-state index is 10.1. The van der Waals surface area contributed by atoms with Gasteiger partial charge < -0.3 is 9.94 Å². The molecule has 0 bridgehead atoms. The molecule has 1 saturated heterocycles. The highest BCUT2D eigenvalue weighted by atomic mass is 35.5. The van der Waals surface area contributed by atoms with Crippen LogP contribution in [0.2, 0.25) is 10.0 Å². The van der Waals surface area contributed by atoms with Gasteiger partial charge in [-0.15, -0.1) is 12.4 Å². The van der Waals surface area contributed by atoms with Crippen molar-refractivity contribution in [3.8, 4) is 0 Å². The second-order valence-corrected chi connectivity index (χ2v) is 11.2. The number of benzene rings is 2. The van der Waals surface area contributed by atoms with Gasteiger partial charge in [0.1, 0.15) is 0 Å². The van der Waals surface area contributed by atoms with Crippen molar-refractivity contribution < 1.29 is 9.94 Å². The van der Waals surface area contributed by atoms with Crippen LogP contribution in [-0.2, 0) is 16.6 Å². The van der Waals surface area contributed by atoms with Gasteiger partial charge in [0.15, 0.2) is 0 Å². The Morgan fingerprint density at radius 2 is 1.71 bits per heavy atom. The molecule has 3 rings (SSSR count). The van der Waals surface area contributed by atoms with Crippen LogP contribution in [0, 0.1) is 5.92 Å². The first-order chi connectivity index (χ1) is 15.5. The van der Waals surface area contributed by atoms with Crippen molar-refractivity contribution in [3.63, 3.8) is 0 Å². The van der Waals surface area contributed by atoms with E-state index in [4.69, 9.17) is 27.9 Å². The molecule has 2 aromatic carbocycles. The molecule has 7 heteroatoms. The lowest BCUT2D eigenvalue weighted by Gasteiger charge is -2.36. The molecule has 3 unspecified atom stereocenters. The summed E-state index contributed by atoms with van der Waals surface area (Å²) in [4.78, 5) is 2.39. The molecule has 1 aliphatic heterocycles. The van der Waals surface area contributed by atoms with Gasteiger partial charge >= 0.3 is 0 Å². The average Bonchev–Trinajstić information content (AvgIpc) is 2.70. The topological polar surface area (TPSA) is 45.1 Å². The van der Waals surface area contributed by atoms with Crippen molar-refractivity contribution in [2.45, 2.75) is 65.6 Å². The molecule has 188 valence electrons. The summed E-state index contributed by atoms with van der Waals surface area (Å²) < 4.78 is 5.88. The lowest BCUT2D eigenvalue weighted by Crippen LogP contribution is -2.47. The zero-order valence-corrected chi connectivity index (χ0v) is 23.3. The summed E-state index contributed by atoms with van der Waals surface area (Å²) >= 11 is 13.0. The fourth-order valence-electron chi connectivity index (χ4n) is 4.67. The normalized spacial score (nSPS) is 20.6. The first kappa shape index (κ1) is 28.9. The van der Waals surface area contributed by atoms with Gasteiger partial charge in [-0.05, 0) is 48.1 Å². The van der Waals surface area contributed by atoms with Gasteiger partial charge in [0, 0.05) is 47.6 Å². The molecular formula is C27H37Cl3N2O2. The SMILES string of the molecule is CC1CN(CC(C)C(=NO)c2ccc(C(C)(C)C)cc2Cc2c(Cl)cccc2Cl)CC(C)O1.Cl. The van der Waals surface area contributed by atoms with E-state index >= 15 is 0 Å². The lowest BCUT2D eigenvalue weighted by molar-refractivity contribution is -0.0693. The van der Waals surface area contributed by atoms with Crippen molar-refractivity contribution in [2.24, 2.45) is 11.1 Å². The Balaban J connectivity index is 0.00000408. The summed E-state index contributed by atoms with van der Waals surface area (Å²) in [5, 5.41) is 15.2. The molecular weight excluding hydrogens is 491 g/mol. The van der Waals surface area contributed by atoms with Gasteiger partial charge in [0.2, 0.25) is 0 Å². The van der Waals surface area contributed by atoms with Crippen molar-refractivity contribution in [2.75, 3.05) is 19.6 Å². The van der Waals surface area contributed by atoms with Gasteiger partial charge in [0.25, 0.3) is 0 Å². The number of rotatable bonds is 6. The number of oxime groups is 1. The molecule has 1 fully saturated rings. The zero-order chi connectivity index (χ0) is 24.3. The highest BCUT2D eigenvalue weighted by molar-refractivity contribution is 6.36. The standard InChI is InChI=1S/C27H36Cl2N2O2.ClH/c1-17(14-31-15-18(2)33-19(3)16-31)26(30-32)22-11-10-21(27(4,5)6)12-20(22)13-23-24(28)8-7-9-25(23)29;/h7-12,17-19,32H,13-16H2,1-6H3;1H. The third-order valence-corrected chi connectivity index (χ3v) is 6.99. The second-order valence-electron chi connectivity index (χ2n) is 10.4. The summed E-state index contributed by atoms with van der Waals surface area (Å²) in [6.45, 7) is 15.4. The van der Waals surface area contributed by atoms with E-state index in [1.54, 1.807) is 0 Å². The molecule has 0 aliphatic carbocycles. The molecule has 3 atom stereocenters. The number of hydrogen-bond acceptors (Lipinski definition) is 4. The van der Waals surface area contributed by atoms with E-state index in [0.717, 1.165) is 36.3 Å². The maximum Gasteiger partial charge on any atom is 0.0911 e. The molecule has 1 N–H and O–H groups in total. The predicted molar refractivity (Wildman–Crippen MR) is 146 cm³/mol. The first-order valence-corrected chi connectivity index (χ1v) is 12.4. The molecule has 0 aromatic heterocycles. The maximum atomic E-state index is 10.1. The summed E-state index contributed by atoms with van der Waals surface area (Å²) in [6.07, 6.45) is 0.952. The predicted octanol–water partition coefficient (Wildman–Crippen LogP) is 7.23. The third-order valence-electron chi connectivity index (χ3n) is 6.28. The Hall–Kier alpha value is -1.30. The highest BCUT2D eigenvalue weighted by Crippen LogP contribution is 2.32. The van der Waals surface area contributed by atoms with E-state index in [2.05, 4.69) is 69.8 Å². The van der Waals surface area contributed by atoms with Crippen LogP contribution in [0.4, 0.5) is 0 Å². The molecule has 0 spiro atoms. The molecule has 1 heterocycles. The highest BCUT2D eigenvalue weighted by Gasteiger charge is 2.27. The summed E-state index contributed by atoms with van der Waals surface area (Å²) in [5.74, 6) is 0.0356. The zero-order valence-electron chi connectivity index (χ0n) is 20.9. The van der Waals surface area contributed by atoms with Crippen LogP contribution in [0.1, 0.15) is 63.8 Å². The van der Waals surface area contributed by atoms with E-state index in [1.807, 2.05) is 18.2 Å². The Morgan fingerprint density at radius 3 is 2.24 bits per heavy atom. The van der Waals surface area contributed by atoms with Gasteiger partial charge in [-0.1, -0.05) is 80.3 Å². The number of nitrogens with zero attached hydrogens (tertiary/aromatic N) is 2. The van der Waals surface area contributed by atoms with E-state index in [9.17, 15) is 5.21 Å². The Kier molecular flexibility index (Phi) is 10.3. The quantitative estimate of drug-likeness (QED) is 0.245. The number of halogens is 3. The summed E-state index contributed by atoms with van der Waals surface area (Å²) in [6, 6.07) is 12.0. The minimum absolute atomic E-state index is 0.